The summed E-state index contributed by atoms with van der Waals surface area (Å²) in [4.78, 5) is 11.8. The number of nitrogens with one attached hydrogen (secondary N) is 1. The SMILES string of the molecule is CCCOc1ccc(OCC(=O)NCCCc2ccccc2)cc1. The van der Waals surface area contributed by atoms with Crippen LogP contribution >= 0.6 is 0 Å². The van der Waals surface area contributed by atoms with E-state index < -0.39 is 0 Å². The van der Waals surface area contributed by atoms with Crippen molar-refractivity contribution < 1.29 is 14.3 Å². The van der Waals surface area contributed by atoms with Crippen molar-refractivity contribution in [1.29, 1.82) is 0 Å². The third kappa shape index (κ3) is 6.73. The van der Waals surface area contributed by atoms with Crippen LogP contribution in [0.25, 0.3) is 0 Å². The Morgan fingerprint density at radius 1 is 0.958 bits per heavy atom. The van der Waals surface area contributed by atoms with Crippen molar-refractivity contribution in [1.82, 2.24) is 5.32 Å². The minimum absolute atomic E-state index is 0.0283. The van der Waals surface area contributed by atoms with E-state index in [0.717, 1.165) is 25.0 Å². The minimum Gasteiger partial charge on any atom is -0.494 e. The molecule has 0 radical (unpaired) electrons. The molecule has 0 aliphatic carbocycles. The monoisotopic (exact) mass is 327 g/mol. The van der Waals surface area contributed by atoms with Crippen molar-refractivity contribution in [2.45, 2.75) is 26.2 Å². The molecule has 2 aromatic carbocycles. The number of amides is 1. The van der Waals surface area contributed by atoms with E-state index in [-0.39, 0.29) is 12.5 Å². The Kier molecular flexibility index (Phi) is 7.68. The second kappa shape index (κ2) is 10.3. The molecule has 2 rings (SSSR count). The normalized spacial score (nSPS) is 10.2. The Morgan fingerprint density at radius 2 is 1.62 bits per heavy atom. The molecule has 0 saturated heterocycles. The van der Waals surface area contributed by atoms with Gasteiger partial charge in [0.15, 0.2) is 6.61 Å². The molecular formula is C20H25NO3. The quantitative estimate of drug-likeness (QED) is 0.678. The maximum absolute atomic E-state index is 11.8. The first-order valence-electron chi connectivity index (χ1n) is 8.44. The smallest absolute Gasteiger partial charge is 0.257 e. The van der Waals surface area contributed by atoms with E-state index in [1.54, 1.807) is 0 Å². The van der Waals surface area contributed by atoms with Crippen LogP contribution in [0.15, 0.2) is 54.6 Å². The number of hydrogen-bond donors (Lipinski definition) is 1. The van der Waals surface area contributed by atoms with Gasteiger partial charge in [-0.2, -0.15) is 0 Å². The molecule has 2 aromatic rings. The fourth-order valence-corrected chi connectivity index (χ4v) is 2.22. The van der Waals surface area contributed by atoms with Crippen molar-refractivity contribution in [2.24, 2.45) is 0 Å². The zero-order chi connectivity index (χ0) is 17.0. The summed E-state index contributed by atoms with van der Waals surface area (Å²) in [6.45, 7) is 3.45. The summed E-state index contributed by atoms with van der Waals surface area (Å²) in [5, 5.41) is 2.87. The van der Waals surface area contributed by atoms with Crippen molar-refractivity contribution in [2.75, 3.05) is 19.8 Å². The van der Waals surface area contributed by atoms with Gasteiger partial charge in [0.25, 0.3) is 5.91 Å². The Bertz CT molecular complexity index is 596. The highest BCUT2D eigenvalue weighted by Crippen LogP contribution is 2.17. The van der Waals surface area contributed by atoms with E-state index in [2.05, 4.69) is 24.4 Å². The Morgan fingerprint density at radius 3 is 2.29 bits per heavy atom. The maximum Gasteiger partial charge on any atom is 0.257 e. The largest absolute Gasteiger partial charge is 0.494 e. The maximum atomic E-state index is 11.8. The lowest BCUT2D eigenvalue weighted by molar-refractivity contribution is -0.123. The molecule has 0 saturated carbocycles. The van der Waals surface area contributed by atoms with Gasteiger partial charge >= 0.3 is 0 Å². The molecule has 128 valence electrons. The highest BCUT2D eigenvalue weighted by Gasteiger charge is 2.03. The molecule has 0 atom stereocenters. The number of benzene rings is 2. The third-order valence-corrected chi connectivity index (χ3v) is 3.47. The number of ether oxygens (including phenoxy) is 2. The lowest BCUT2D eigenvalue weighted by Crippen LogP contribution is -2.29. The number of aryl methyl sites for hydroxylation is 1. The van der Waals surface area contributed by atoms with Crippen molar-refractivity contribution in [3.8, 4) is 11.5 Å². The highest BCUT2D eigenvalue weighted by atomic mass is 16.5. The highest BCUT2D eigenvalue weighted by molar-refractivity contribution is 5.77. The minimum atomic E-state index is -0.102. The van der Waals surface area contributed by atoms with Gasteiger partial charge in [-0.05, 0) is 49.1 Å². The summed E-state index contributed by atoms with van der Waals surface area (Å²) < 4.78 is 11.0. The molecule has 0 bridgehead atoms. The van der Waals surface area contributed by atoms with E-state index in [4.69, 9.17) is 9.47 Å². The predicted molar refractivity (Wildman–Crippen MR) is 95.5 cm³/mol. The second-order valence-electron chi connectivity index (χ2n) is 5.55. The first-order valence-corrected chi connectivity index (χ1v) is 8.44. The van der Waals surface area contributed by atoms with Crippen LogP contribution < -0.4 is 14.8 Å². The molecule has 0 spiro atoms. The van der Waals surface area contributed by atoms with Gasteiger partial charge in [0.1, 0.15) is 11.5 Å². The first kappa shape index (κ1) is 17.9. The van der Waals surface area contributed by atoms with Gasteiger partial charge in [-0.3, -0.25) is 4.79 Å². The zero-order valence-corrected chi connectivity index (χ0v) is 14.2. The van der Waals surface area contributed by atoms with E-state index in [1.807, 2.05) is 42.5 Å². The standard InChI is InChI=1S/C20H25NO3/c1-2-15-23-18-10-12-19(13-11-18)24-16-20(22)21-14-6-9-17-7-4-3-5-8-17/h3-5,7-8,10-13H,2,6,9,14-16H2,1H3,(H,21,22). The number of rotatable bonds is 10. The van der Waals surface area contributed by atoms with Crippen molar-refractivity contribution in [3.63, 3.8) is 0 Å². The topological polar surface area (TPSA) is 47.6 Å². The summed E-state index contributed by atoms with van der Waals surface area (Å²) in [6.07, 6.45) is 2.85. The molecule has 0 aliphatic heterocycles. The number of carbonyl (C=O) groups is 1. The third-order valence-electron chi connectivity index (χ3n) is 3.47. The summed E-state index contributed by atoms with van der Waals surface area (Å²) in [6, 6.07) is 17.6. The average molecular weight is 327 g/mol. The molecule has 0 aliphatic rings. The summed E-state index contributed by atoms with van der Waals surface area (Å²) in [5.74, 6) is 1.38. The average Bonchev–Trinajstić information content (AvgIpc) is 2.63. The van der Waals surface area contributed by atoms with Gasteiger partial charge in [-0.15, -0.1) is 0 Å². The zero-order valence-electron chi connectivity index (χ0n) is 14.2. The summed E-state index contributed by atoms with van der Waals surface area (Å²) in [7, 11) is 0. The van der Waals surface area contributed by atoms with Gasteiger partial charge in [0, 0.05) is 6.54 Å². The molecule has 24 heavy (non-hydrogen) atoms. The second-order valence-corrected chi connectivity index (χ2v) is 5.55. The molecule has 0 unspecified atom stereocenters. The predicted octanol–water partition coefficient (Wildman–Crippen LogP) is 3.60. The van der Waals surface area contributed by atoms with Crippen molar-refractivity contribution >= 4 is 5.91 Å². The van der Waals surface area contributed by atoms with Crippen LogP contribution in [0.4, 0.5) is 0 Å². The van der Waals surface area contributed by atoms with Crippen molar-refractivity contribution in [3.05, 3.63) is 60.2 Å². The van der Waals surface area contributed by atoms with E-state index >= 15 is 0 Å². The van der Waals surface area contributed by atoms with Crippen LogP contribution in [0.5, 0.6) is 11.5 Å². The Balaban J connectivity index is 1.60. The molecule has 0 fully saturated rings. The van der Waals surface area contributed by atoms with E-state index in [9.17, 15) is 4.79 Å². The summed E-state index contributed by atoms with van der Waals surface area (Å²) in [5.41, 5.74) is 1.29. The first-order chi connectivity index (χ1) is 11.8. The Labute approximate surface area is 143 Å². The van der Waals surface area contributed by atoms with Crippen LogP contribution in [0, 0.1) is 0 Å². The summed E-state index contributed by atoms with van der Waals surface area (Å²) >= 11 is 0. The van der Waals surface area contributed by atoms with Gasteiger partial charge in [0.05, 0.1) is 6.61 Å². The van der Waals surface area contributed by atoms with Crippen LogP contribution in [0.1, 0.15) is 25.3 Å². The van der Waals surface area contributed by atoms with Gasteiger partial charge in [-0.25, -0.2) is 0 Å². The van der Waals surface area contributed by atoms with Crippen LogP contribution in [0.3, 0.4) is 0 Å². The van der Waals surface area contributed by atoms with Crippen LogP contribution in [0.2, 0.25) is 0 Å². The fourth-order valence-electron chi connectivity index (χ4n) is 2.22. The Hall–Kier alpha value is -2.49. The molecule has 1 N–H and O–H groups in total. The lowest BCUT2D eigenvalue weighted by Gasteiger charge is -2.09. The molecule has 1 amide bonds. The van der Waals surface area contributed by atoms with Crippen LogP contribution in [-0.4, -0.2) is 25.7 Å². The van der Waals surface area contributed by atoms with Gasteiger partial charge < -0.3 is 14.8 Å². The van der Waals surface area contributed by atoms with Gasteiger partial charge in [0.2, 0.25) is 0 Å². The lowest BCUT2D eigenvalue weighted by atomic mass is 10.1. The van der Waals surface area contributed by atoms with Crippen LogP contribution in [-0.2, 0) is 11.2 Å². The molecule has 0 aromatic heterocycles. The van der Waals surface area contributed by atoms with E-state index in [1.165, 1.54) is 5.56 Å². The molecule has 0 heterocycles. The van der Waals surface area contributed by atoms with Gasteiger partial charge in [-0.1, -0.05) is 37.3 Å². The fraction of sp³-hybridized carbons (Fsp3) is 0.350. The molecule has 4 nitrogen and oxygen atoms in total. The number of carbonyl (C=O) groups excluding carboxylic acids is 1. The van der Waals surface area contributed by atoms with E-state index in [0.29, 0.717) is 18.9 Å². The molecular weight excluding hydrogens is 302 g/mol. The number of hydrogen-bond acceptors (Lipinski definition) is 3. The molecule has 4 heteroatoms.